The standard InChI is InChI=1S/2C12H16N3O2.6C10H7F3O2.2Tb/c2*1-11(2)12(3,4)15(17)10(14(11)16)9-5-7-13-8-6-9;6*11-10(12,13)9(15)6-8(14)7-4-2-1-3-5-7;;/h2*5-8H,1-4H3;6*1-6,15H;;/q2*+1;;;;;;;;/p-6/b;;6*9-6-;;. The number of rotatable bonds is 14. The van der Waals surface area contributed by atoms with Crippen LogP contribution < -0.4 is 30.6 Å². The summed E-state index contributed by atoms with van der Waals surface area (Å²) in [5.41, 5.74) is -1.57. The molecule has 22 nitrogen and oxygen atoms in total. The fourth-order valence-electron chi connectivity index (χ4n) is 9.01. The summed E-state index contributed by atoms with van der Waals surface area (Å²) < 4.78 is 215. The van der Waals surface area contributed by atoms with Crippen LogP contribution in [0.5, 0.6) is 0 Å². The van der Waals surface area contributed by atoms with Crippen LogP contribution >= 0.6 is 0 Å². The monoisotopic (exact) mass is 2080 g/mol. The molecule has 4 heterocycles. The van der Waals surface area contributed by atoms with Gasteiger partial charge in [-0.1, -0.05) is 182 Å². The van der Waals surface area contributed by atoms with Gasteiger partial charge in [0, 0.05) is 201 Å². The summed E-state index contributed by atoms with van der Waals surface area (Å²) in [5.74, 6) is -18.2. The van der Waals surface area contributed by atoms with Crippen molar-refractivity contribution >= 4 is 46.4 Å². The van der Waals surface area contributed by atoms with Crippen molar-refractivity contribution in [2.24, 2.45) is 0 Å². The average Bonchev–Trinajstić information content (AvgIpc) is 1.58. The smallest absolute Gasteiger partial charge is 0.504 e. The molecular weight excluding hydrogens is 2010 g/mol. The minimum Gasteiger partial charge on any atom is -0.869 e. The Morgan fingerprint density at radius 2 is 0.397 bits per heavy atom. The number of hydroxylamine groups is 2. The van der Waals surface area contributed by atoms with E-state index >= 15 is 0 Å². The Morgan fingerprint density at radius 1 is 0.262 bits per heavy atom. The topological polar surface area (TPSA) is 359 Å². The number of nitrogens with zero attached hydrogens (tertiary/aromatic N) is 6. The first-order valence-electron chi connectivity index (χ1n) is 34.8. The number of hydrogen-bond donors (Lipinski definition) is 0. The normalized spacial score (nSPS) is 14.9. The molecule has 2 aromatic heterocycles. The van der Waals surface area contributed by atoms with Gasteiger partial charge in [0.25, 0.3) is 11.1 Å². The summed E-state index contributed by atoms with van der Waals surface area (Å²) in [5, 5.41) is 87.2. The molecule has 0 N–H and O–H groups in total. The van der Waals surface area contributed by atoms with Crippen LogP contribution in [-0.4, -0.2) is 135 Å². The zero-order chi connectivity index (χ0) is 94.5. The van der Waals surface area contributed by atoms with Crippen molar-refractivity contribution in [2.75, 3.05) is 0 Å². The molecular formula is C84H68F18N6O16Tb2-4. The molecule has 0 fully saturated rings. The summed E-state index contributed by atoms with van der Waals surface area (Å²) in [4.78, 5) is 99.1. The summed E-state index contributed by atoms with van der Waals surface area (Å²) >= 11 is 0. The predicted molar refractivity (Wildman–Crippen MR) is 397 cm³/mol. The Kier molecular flexibility index (Phi) is 42.9. The summed E-state index contributed by atoms with van der Waals surface area (Å²) in [7, 11) is 0. The van der Waals surface area contributed by atoms with Crippen molar-refractivity contribution in [1.82, 2.24) is 9.97 Å². The first-order chi connectivity index (χ1) is 57.1. The van der Waals surface area contributed by atoms with Crippen LogP contribution in [0.25, 0.3) is 0 Å². The van der Waals surface area contributed by atoms with Gasteiger partial charge in [0.15, 0.2) is 34.7 Å². The van der Waals surface area contributed by atoms with E-state index in [0.29, 0.717) is 11.1 Å². The summed E-state index contributed by atoms with van der Waals surface area (Å²) in [6, 6.07) is 50.4. The molecule has 42 heteroatoms. The number of aromatic nitrogens is 2. The molecule has 2 aliphatic rings. The number of allylic oxidation sites excluding steroid dienone is 12. The van der Waals surface area contributed by atoms with Crippen molar-refractivity contribution in [3.8, 4) is 0 Å². The summed E-state index contributed by atoms with van der Waals surface area (Å²) in [6.45, 7) is 14.2. The van der Waals surface area contributed by atoms with E-state index < -0.39 is 128 Å². The maximum atomic E-state index is 12.3. The molecule has 2 aliphatic heterocycles. The van der Waals surface area contributed by atoms with Crippen molar-refractivity contribution in [1.29, 1.82) is 0 Å². The Balaban J connectivity index is 0.000000719. The molecule has 6 aromatic carbocycles. The van der Waals surface area contributed by atoms with Crippen LogP contribution in [0, 0.1) is 97.5 Å². The molecule has 678 valence electrons. The van der Waals surface area contributed by atoms with Gasteiger partial charge in [-0.2, -0.15) is 79.0 Å². The van der Waals surface area contributed by atoms with E-state index in [1.165, 1.54) is 146 Å². The molecule has 0 unspecified atom stereocenters. The van der Waals surface area contributed by atoms with E-state index in [0.717, 1.165) is 19.0 Å². The molecule has 10 rings (SSSR count). The maximum Gasteiger partial charge on any atom is 0.504 e. The van der Waals surface area contributed by atoms with Crippen LogP contribution in [0.4, 0.5) is 79.0 Å². The number of pyridine rings is 2. The van der Waals surface area contributed by atoms with Crippen LogP contribution in [0.15, 0.2) is 302 Å². The summed E-state index contributed by atoms with van der Waals surface area (Å²) in [6.07, 6.45) is -23.4. The minimum absolute atomic E-state index is 0. The fourth-order valence-corrected chi connectivity index (χ4v) is 9.01. The predicted octanol–water partition coefficient (Wildman–Crippen LogP) is 13.4. The molecule has 0 atom stereocenters. The SMILES string of the molecule is CC1(C)[N+](=O)C(c2ccncc2)=[N+]([O-])C1(C)C.CC1(C)[N+](=O)C(c2ccncc2)=[N+]([O-])C1(C)C.O=C(/C=C(\[O-])C(F)(F)F)c1ccccc1.O=C(/C=C(\[O-])C(F)(F)F)c1ccccc1.O=C(/C=C(\[O-])C(F)(F)F)c1ccccc1.O=C(/C=C(\[O-])C(F)(F)F)c1ccccc1.O=C(/C=C(\[O-])C(F)(F)F)c1ccccc1.O=C(/C=C(\[O-])C(F)(F)F)c1ccccc1.[Tb].[Tb]. The first-order valence-corrected chi connectivity index (χ1v) is 34.8. The van der Waals surface area contributed by atoms with Crippen molar-refractivity contribution < 1.29 is 235 Å². The number of carbonyl (C=O) groups excluding carboxylic acids is 6. The average molecular weight is 2080 g/mol. The second-order valence-corrected chi connectivity index (χ2v) is 27.0. The Bertz CT molecular complexity index is 4590. The van der Waals surface area contributed by atoms with Gasteiger partial charge in [-0.3, -0.25) is 38.7 Å². The molecule has 0 amide bonds. The van der Waals surface area contributed by atoms with Crippen molar-refractivity contribution in [3.63, 3.8) is 0 Å². The number of hydrogen-bond acceptors (Lipinski definition) is 18. The number of benzene rings is 6. The minimum atomic E-state index is -5.00. The van der Waals surface area contributed by atoms with Gasteiger partial charge in [-0.05, 0) is 95.3 Å². The molecule has 8 aromatic rings. The van der Waals surface area contributed by atoms with E-state index in [9.17, 15) is 159 Å². The van der Waals surface area contributed by atoms with Crippen LogP contribution in [0.3, 0.4) is 0 Å². The zero-order valence-electron chi connectivity index (χ0n) is 66.1. The number of alkyl halides is 18. The third-order valence-corrected chi connectivity index (χ3v) is 17.3. The third kappa shape index (κ3) is 34.0. The van der Waals surface area contributed by atoms with E-state index in [4.69, 9.17) is 0 Å². The van der Waals surface area contributed by atoms with Gasteiger partial charge in [0.1, 0.15) is 20.6 Å². The van der Waals surface area contributed by atoms with Gasteiger partial charge in [0.2, 0.25) is 11.1 Å². The molecule has 0 saturated heterocycles. The Hall–Kier alpha value is -11.7. The maximum absolute atomic E-state index is 12.3. The van der Waals surface area contributed by atoms with E-state index in [-0.39, 0.29) is 159 Å². The number of ketones is 6. The van der Waals surface area contributed by atoms with E-state index in [2.05, 4.69) is 9.97 Å². The molecule has 0 aliphatic carbocycles. The molecule has 0 spiro atoms. The van der Waals surface area contributed by atoms with Gasteiger partial charge in [-0.15, -0.1) is 9.48 Å². The molecule has 0 bridgehead atoms. The second-order valence-electron chi connectivity index (χ2n) is 27.0. The van der Waals surface area contributed by atoms with E-state index in [1.807, 2.05) is 0 Å². The quantitative estimate of drug-likeness (QED) is 0.0244. The second kappa shape index (κ2) is 48.2. The number of amidine groups is 2. The molecule has 126 heavy (non-hydrogen) atoms. The Labute approximate surface area is 766 Å². The van der Waals surface area contributed by atoms with Crippen LogP contribution in [-0.2, 0) is 0 Å². The van der Waals surface area contributed by atoms with Crippen LogP contribution in [0.1, 0.15) is 129 Å². The van der Waals surface area contributed by atoms with Crippen molar-refractivity contribution in [3.05, 3.63) is 367 Å². The number of halogens is 18. The fraction of sp³-hybridized carbons (Fsp3) is 0.214. The van der Waals surface area contributed by atoms with Crippen LogP contribution in [0.2, 0.25) is 0 Å². The van der Waals surface area contributed by atoms with Gasteiger partial charge < -0.3 is 41.1 Å². The van der Waals surface area contributed by atoms with Gasteiger partial charge in [0.05, 0.1) is 0 Å². The largest absolute Gasteiger partial charge is 0.869 e. The molecule has 2 radical (unpaired) electrons. The van der Waals surface area contributed by atoms with Gasteiger partial charge in [-0.25, -0.2) is 0 Å². The first kappa shape index (κ1) is 112. The third-order valence-electron chi connectivity index (χ3n) is 17.3. The molecule has 0 saturated carbocycles. The number of nitroso groups, excluding NO2 is 2. The Morgan fingerprint density at radius 3 is 0.508 bits per heavy atom. The zero-order valence-corrected chi connectivity index (χ0v) is 70.4. The van der Waals surface area contributed by atoms with Gasteiger partial charge >= 0.3 is 48.7 Å². The van der Waals surface area contributed by atoms with Crippen molar-refractivity contribution in [2.45, 2.75) is 115 Å². The van der Waals surface area contributed by atoms with E-state index in [1.54, 1.807) is 141 Å². The number of carbonyl (C=O) groups is 6.